The molecule has 0 aliphatic carbocycles. The molecule has 0 spiro atoms. The van der Waals surface area contributed by atoms with E-state index in [9.17, 15) is 4.79 Å². The van der Waals surface area contributed by atoms with Crippen LogP contribution >= 0.6 is 11.8 Å². The third-order valence-electron chi connectivity index (χ3n) is 3.11. The molecular formula is C13H21N3OS. The minimum atomic E-state index is -0.394. The van der Waals surface area contributed by atoms with Crippen molar-refractivity contribution >= 4 is 17.7 Å². The fraction of sp³-hybridized carbons (Fsp3) is 0.462. The first-order valence-electron chi connectivity index (χ1n) is 5.79. The summed E-state index contributed by atoms with van der Waals surface area (Å²) >= 11 is 1.78. The number of nitrogens with zero attached hydrogens (tertiary/aromatic N) is 1. The number of hydrogen-bond donors (Lipinski definition) is 2. The lowest BCUT2D eigenvalue weighted by Gasteiger charge is -2.34. The molecule has 0 aliphatic rings. The summed E-state index contributed by atoms with van der Waals surface area (Å²) in [7, 11) is 4.05. The molecule has 0 bridgehead atoms. The van der Waals surface area contributed by atoms with Crippen molar-refractivity contribution in [2.75, 3.05) is 20.6 Å². The van der Waals surface area contributed by atoms with Crippen LogP contribution in [0.5, 0.6) is 0 Å². The number of rotatable bonds is 6. The van der Waals surface area contributed by atoms with Gasteiger partial charge in [0.1, 0.15) is 0 Å². The molecule has 100 valence electrons. The van der Waals surface area contributed by atoms with Crippen molar-refractivity contribution < 1.29 is 4.79 Å². The van der Waals surface area contributed by atoms with Gasteiger partial charge < -0.3 is 11.5 Å². The van der Waals surface area contributed by atoms with Crippen molar-refractivity contribution in [1.82, 2.24) is 4.90 Å². The molecule has 4 N–H and O–H groups in total. The average Bonchev–Trinajstić information content (AvgIpc) is 2.36. The lowest BCUT2D eigenvalue weighted by Crippen LogP contribution is -2.44. The van der Waals surface area contributed by atoms with Gasteiger partial charge in [0.25, 0.3) is 0 Å². The predicted molar refractivity (Wildman–Crippen MR) is 77.4 cm³/mol. The Bertz CT molecular complexity index is 405. The molecule has 0 saturated heterocycles. The van der Waals surface area contributed by atoms with Crippen molar-refractivity contribution in [3.8, 4) is 0 Å². The van der Waals surface area contributed by atoms with Crippen molar-refractivity contribution in [1.29, 1.82) is 0 Å². The number of amides is 1. The minimum absolute atomic E-state index is 0.0810. The van der Waals surface area contributed by atoms with E-state index in [2.05, 4.69) is 11.8 Å². The van der Waals surface area contributed by atoms with Crippen LogP contribution in [0.15, 0.2) is 24.3 Å². The fourth-order valence-electron chi connectivity index (χ4n) is 1.37. The molecule has 0 aromatic heterocycles. The first-order chi connectivity index (χ1) is 8.39. The van der Waals surface area contributed by atoms with Gasteiger partial charge >= 0.3 is 0 Å². The van der Waals surface area contributed by atoms with Crippen LogP contribution < -0.4 is 11.5 Å². The van der Waals surface area contributed by atoms with E-state index in [4.69, 9.17) is 11.5 Å². The maximum atomic E-state index is 11.0. The van der Waals surface area contributed by atoms with Gasteiger partial charge in [0.05, 0.1) is 4.87 Å². The second-order valence-electron chi connectivity index (χ2n) is 4.62. The summed E-state index contributed by atoms with van der Waals surface area (Å²) in [6.45, 7) is 2.71. The quantitative estimate of drug-likeness (QED) is 0.761. The molecule has 18 heavy (non-hydrogen) atoms. The van der Waals surface area contributed by atoms with E-state index < -0.39 is 5.91 Å². The maximum Gasteiger partial charge on any atom is 0.248 e. The minimum Gasteiger partial charge on any atom is -0.366 e. The van der Waals surface area contributed by atoms with Gasteiger partial charge in [-0.05, 0) is 38.7 Å². The van der Waals surface area contributed by atoms with Crippen molar-refractivity contribution in [2.45, 2.75) is 17.5 Å². The number of carbonyl (C=O) groups excluding carboxylic acids is 1. The summed E-state index contributed by atoms with van der Waals surface area (Å²) in [5.41, 5.74) is 12.7. The van der Waals surface area contributed by atoms with E-state index in [1.165, 1.54) is 0 Å². The van der Waals surface area contributed by atoms with Crippen LogP contribution in [-0.2, 0) is 5.75 Å². The Morgan fingerprint density at radius 2 is 1.89 bits per heavy atom. The second kappa shape index (κ2) is 6.22. The summed E-state index contributed by atoms with van der Waals surface area (Å²) < 4.78 is 0. The molecule has 0 saturated carbocycles. The van der Waals surface area contributed by atoms with E-state index >= 15 is 0 Å². The summed E-state index contributed by atoms with van der Waals surface area (Å²) in [6, 6.07) is 7.38. The number of likely N-dealkylation sites (N-methyl/N-ethyl adjacent to an activating group) is 1. The molecule has 0 unspecified atom stereocenters. The number of benzene rings is 1. The maximum absolute atomic E-state index is 11.0. The second-order valence-corrected chi connectivity index (χ2v) is 6.08. The van der Waals surface area contributed by atoms with Crippen LogP contribution in [0.4, 0.5) is 0 Å². The largest absolute Gasteiger partial charge is 0.366 e. The van der Waals surface area contributed by atoms with Crippen molar-refractivity contribution in [3.05, 3.63) is 35.4 Å². The van der Waals surface area contributed by atoms with E-state index in [1.807, 2.05) is 26.2 Å². The van der Waals surface area contributed by atoms with E-state index in [0.717, 1.165) is 11.3 Å². The van der Waals surface area contributed by atoms with Crippen LogP contribution in [0.1, 0.15) is 22.8 Å². The zero-order chi connectivity index (χ0) is 13.8. The van der Waals surface area contributed by atoms with Crippen LogP contribution in [0, 0.1) is 0 Å². The molecule has 1 atom stereocenters. The Morgan fingerprint density at radius 1 is 1.33 bits per heavy atom. The van der Waals surface area contributed by atoms with Crippen LogP contribution in [0.3, 0.4) is 0 Å². The molecule has 4 nitrogen and oxygen atoms in total. The highest BCUT2D eigenvalue weighted by Gasteiger charge is 2.25. The van der Waals surface area contributed by atoms with Gasteiger partial charge in [0.15, 0.2) is 0 Å². The van der Waals surface area contributed by atoms with Crippen LogP contribution in [0.25, 0.3) is 0 Å². The van der Waals surface area contributed by atoms with Gasteiger partial charge in [0, 0.05) is 17.9 Å². The van der Waals surface area contributed by atoms with Gasteiger partial charge in [-0.3, -0.25) is 9.69 Å². The molecule has 1 aromatic carbocycles. The Balaban J connectivity index is 2.66. The van der Waals surface area contributed by atoms with E-state index in [0.29, 0.717) is 12.1 Å². The van der Waals surface area contributed by atoms with Gasteiger partial charge in [-0.2, -0.15) is 0 Å². The normalized spacial score (nSPS) is 14.5. The Morgan fingerprint density at radius 3 is 2.28 bits per heavy atom. The molecule has 0 radical (unpaired) electrons. The highest BCUT2D eigenvalue weighted by molar-refractivity contribution is 7.99. The zero-order valence-corrected chi connectivity index (χ0v) is 12.0. The van der Waals surface area contributed by atoms with Gasteiger partial charge in [-0.15, -0.1) is 11.8 Å². The number of thioether (sulfide) groups is 1. The molecule has 0 aliphatic heterocycles. The fourth-order valence-corrected chi connectivity index (χ4v) is 2.42. The molecule has 1 amide bonds. The van der Waals surface area contributed by atoms with Gasteiger partial charge in [-0.1, -0.05) is 12.1 Å². The summed E-state index contributed by atoms with van der Waals surface area (Å²) in [4.78, 5) is 13.0. The number of hydrogen-bond acceptors (Lipinski definition) is 4. The molecule has 1 rings (SSSR count). The molecule has 0 heterocycles. The van der Waals surface area contributed by atoms with Crippen LogP contribution in [-0.4, -0.2) is 36.3 Å². The average molecular weight is 267 g/mol. The smallest absolute Gasteiger partial charge is 0.248 e. The predicted octanol–water partition coefficient (Wildman–Crippen LogP) is 1.26. The van der Waals surface area contributed by atoms with E-state index in [1.54, 1.807) is 23.9 Å². The molecular weight excluding hydrogens is 246 g/mol. The number of carbonyl (C=O) groups is 1. The first-order valence-corrected chi connectivity index (χ1v) is 6.78. The van der Waals surface area contributed by atoms with Crippen LogP contribution in [0.2, 0.25) is 0 Å². The molecule has 1 aromatic rings. The third kappa shape index (κ3) is 3.73. The van der Waals surface area contributed by atoms with Crippen molar-refractivity contribution in [3.63, 3.8) is 0 Å². The highest BCUT2D eigenvalue weighted by Crippen LogP contribution is 2.29. The third-order valence-corrected chi connectivity index (χ3v) is 4.74. The summed E-state index contributed by atoms with van der Waals surface area (Å²) in [5, 5.41) is 0. The standard InChI is InChI=1S/C13H21N3OS/c1-13(9-14,16(2)3)18-8-10-4-6-11(7-5-10)12(15)17/h4-7H,8-9,14H2,1-3H3,(H2,15,17)/t13-/m1/s1. The highest BCUT2D eigenvalue weighted by atomic mass is 32.2. The van der Waals surface area contributed by atoms with E-state index in [-0.39, 0.29) is 4.87 Å². The molecule has 5 heteroatoms. The molecule has 0 fully saturated rings. The number of nitrogens with two attached hydrogens (primary N) is 2. The topological polar surface area (TPSA) is 72.3 Å². The Labute approximate surface area is 113 Å². The SMILES string of the molecule is CN(C)[C@@](C)(CN)SCc1ccc(C(N)=O)cc1. The van der Waals surface area contributed by atoms with Gasteiger partial charge in [0.2, 0.25) is 5.91 Å². The summed E-state index contributed by atoms with van der Waals surface area (Å²) in [6.07, 6.45) is 0. The lowest BCUT2D eigenvalue weighted by molar-refractivity contribution is 0.100. The lowest BCUT2D eigenvalue weighted by atomic mass is 10.1. The monoisotopic (exact) mass is 267 g/mol. The Kier molecular flexibility index (Phi) is 5.19. The summed E-state index contributed by atoms with van der Waals surface area (Å²) in [5.74, 6) is 0.458. The Hall–Kier alpha value is -1.04. The number of primary amides is 1. The van der Waals surface area contributed by atoms with Crippen molar-refractivity contribution in [2.24, 2.45) is 11.5 Å². The zero-order valence-electron chi connectivity index (χ0n) is 11.1. The van der Waals surface area contributed by atoms with Gasteiger partial charge in [-0.25, -0.2) is 0 Å². The first kappa shape index (κ1) is 15.0.